The van der Waals surface area contributed by atoms with Gasteiger partial charge in [-0.1, -0.05) is 20.8 Å². The maximum absolute atomic E-state index is 4.83. The number of aryl methyl sites for hydroxylation is 1. The van der Waals surface area contributed by atoms with Gasteiger partial charge >= 0.3 is 0 Å². The van der Waals surface area contributed by atoms with Crippen LogP contribution < -0.4 is 5.32 Å². The second-order valence-electron chi connectivity index (χ2n) is 6.34. The van der Waals surface area contributed by atoms with Crippen LogP contribution in [0.5, 0.6) is 0 Å². The van der Waals surface area contributed by atoms with Crippen LogP contribution >= 0.6 is 11.3 Å². The van der Waals surface area contributed by atoms with Crippen molar-refractivity contribution in [3.63, 3.8) is 0 Å². The van der Waals surface area contributed by atoms with E-state index in [1.807, 2.05) is 0 Å². The fourth-order valence-electron chi connectivity index (χ4n) is 3.19. The Morgan fingerprint density at radius 1 is 1.38 bits per heavy atom. The molecule has 0 amide bonds. The van der Waals surface area contributed by atoms with Crippen molar-refractivity contribution in [2.45, 2.75) is 47.1 Å². The molecule has 0 spiro atoms. The van der Waals surface area contributed by atoms with Crippen LogP contribution in [0.15, 0.2) is 10.4 Å². The fraction of sp³-hybridized carbons (Fsp3) is 0.778. The van der Waals surface area contributed by atoms with Crippen LogP contribution in [0.25, 0.3) is 0 Å². The molecule has 1 N–H and O–H groups in total. The lowest BCUT2D eigenvalue weighted by molar-refractivity contribution is 0.255. The summed E-state index contributed by atoms with van der Waals surface area (Å²) < 4.78 is 0. The Labute approximate surface area is 151 Å². The van der Waals surface area contributed by atoms with E-state index in [1.54, 1.807) is 11.3 Å². The second-order valence-corrected chi connectivity index (χ2v) is 7.29. The van der Waals surface area contributed by atoms with Crippen LogP contribution in [0.3, 0.4) is 0 Å². The van der Waals surface area contributed by atoms with E-state index < -0.39 is 0 Å². The Hall–Kier alpha value is -1.14. The Bertz CT molecular complexity index is 509. The molecule has 1 fully saturated rings. The van der Waals surface area contributed by atoms with E-state index in [4.69, 9.17) is 4.99 Å². The van der Waals surface area contributed by atoms with E-state index in [9.17, 15) is 0 Å². The Morgan fingerprint density at radius 2 is 2.17 bits per heavy atom. The summed E-state index contributed by atoms with van der Waals surface area (Å²) in [5, 5.41) is 6.79. The first-order chi connectivity index (χ1) is 11.7. The monoisotopic (exact) mass is 351 g/mol. The van der Waals surface area contributed by atoms with Crippen LogP contribution in [0, 0.1) is 5.92 Å². The molecule has 0 bridgehead atoms. The van der Waals surface area contributed by atoms with Crippen molar-refractivity contribution >= 4 is 17.3 Å². The average Bonchev–Trinajstić information content (AvgIpc) is 3.25. The first kappa shape index (κ1) is 19.2. The number of aliphatic imine (C=N–C) groups is 1. The zero-order valence-corrected chi connectivity index (χ0v) is 16.5. The number of rotatable bonds is 8. The molecule has 1 aliphatic rings. The molecule has 2 rings (SSSR count). The van der Waals surface area contributed by atoms with Gasteiger partial charge in [-0.05, 0) is 38.8 Å². The predicted octanol–water partition coefficient (Wildman–Crippen LogP) is 2.83. The van der Waals surface area contributed by atoms with E-state index in [2.05, 4.69) is 53.2 Å². The van der Waals surface area contributed by atoms with Crippen LogP contribution in [-0.4, -0.2) is 60.0 Å². The molecule has 1 saturated heterocycles. The molecule has 136 valence electrons. The van der Waals surface area contributed by atoms with Crippen molar-refractivity contribution in [2.75, 3.05) is 39.3 Å². The summed E-state index contributed by atoms with van der Waals surface area (Å²) in [5.41, 5.74) is 1.09. The number of nitrogens with one attached hydrogen (secondary N) is 1. The zero-order valence-electron chi connectivity index (χ0n) is 15.7. The third-order valence-electron chi connectivity index (χ3n) is 4.62. The maximum Gasteiger partial charge on any atom is 0.194 e. The predicted molar refractivity (Wildman–Crippen MR) is 104 cm³/mol. The molecule has 1 aliphatic heterocycles. The summed E-state index contributed by atoms with van der Waals surface area (Å²) in [7, 11) is 0. The minimum Gasteiger partial charge on any atom is -0.357 e. The average molecular weight is 352 g/mol. The first-order valence-electron chi connectivity index (χ1n) is 9.38. The minimum atomic E-state index is 0.677. The molecular weight excluding hydrogens is 318 g/mol. The highest BCUT2D eigenvalue weighted by atomic mass is 32.1. The van der Waals surface area contributed by atoms with Crippen molar-refractivity contribution in [1.29, 1.82) is 0 Å². The van der Waals surface area contributed by atoms with E-state index >= 15 is 0 Å². The Morgan fingerprint density at radius 3 is 2.79 bits per heavy atom. The third-order valence-corrected chi connectivity index (χ3v) is 5.67. The minimum absolute atomic E-state index is 0.677. The molecular formula is C18H33N5S. The van der Waals surface area contributed by atoms with Crippen LogP contribution in [-0.2, 0) is 13.0 Å². The van der Waals surface area contributed by atoms with Gasteiger partial charge in [0.25, 0.3) is 0 Å². The van der Waals surface area contributed by atoms with Gasteiger partial charge in [-0.3, -0.25) is 0 Å². The van der Waals surface area contributed by atoms with E-state index in [0.29, 0.717) is 6.54 Å². The number of aromatic nitrogens is 1. The molecule has 0 saturated carbocycles. The number of thiazole rings is 1. The van der Waals surface area contributed by atoms with Gasteiger partial charge in [0.05, 0.1) is 17.2 Å². The summed E-state index contributed by atoms with van der Waals surface area (Å²) in [4.78, 5) is 14.4. The largest absolute Gasteiger partial charge is 0.357 e. The SMILES string of the molecule is CCNC(=NCc1csc(CC)n1)N1CCC(CN(CC)CC)C1. The van der Waals surface area contributed by atoms with E-state index in [1.165, 1.54) is 18.0 Å². The Kier molecular flexibility index (Phi) is 7.99. The van der Waals surface area contributed by atoms with Crippen molar-refractivity contribution in [3.05, 3.63) is 16.1 Å². The maximum atomic E-state index is 4.83. The van der Waals surface area contributed by atoms with Gasteiger partial charge in [-0.2, -0.15) is 0 Å². The summed E-state index contributed by atoms with van der Waals surface area (Å²) in [6.07, 6.45) is 2.27. The Balaban J connectivity index is 1.93. The fourth-order valence-corrected chi connectivity index (χ4v) is 3.92. The van der Waals surface area contributed by atoms with Crippen LogP contribution in [0.1, 0.15) is 44.8 Å². The van der Waals surface area contributed by atoms with Gasteiger partial charge in [-0.15, -0.1) is 11.3 Å². The van der Waals surface area contributed by atoms with Crippen molar-refractivity contribution in [3.8, 4) is 0 Å². The summed E-state index contributed by atoms with van der Waals surface area (Å²) in [6.45, 7) is 16.1. The third kappa shape index (κ3) is 5.45. The molecule has 1 atom stereocenters. The lowest BCUT2D eigenvalue weighted by Crippen LogP contribution is -2.40. The van der Waals surface area contributed by atoms with Gasteiger partial charge in [0.2, 0.25) is 0 Å². The number of hydrogen-bond acceptors (Lipinski definition) is 4. The molecule has 0 aliphatic carbocycles. The molecule has 1 unspecified atom stereocenters. The topological polar surface area (TPSA) is 43.8 Å². The highest BCUT2D eigenvalue weighted by Crippen LogP contribution is 2.18. The highest BCUT2D eigenvalue weighted by Gasteiger charge is 2.25. The first-order valence-corrected chi connectivity index (χ1v) is 10.3. The van der Waals surface area contributed by atoms with Gasteiger partial charge < -0.3 is 15.1 Å². The molecule has 24 heavy (non-hydrogen) atoms. The summed E-state index contributed by atoms with van der Waals surface area (Å²) >= 11 is 1.74. The normalized spacial score (nSPS) is 18.6. The van der Waals surface area contributed by atoms with Crippen molar-refractivity contribution in [1.82, 2.24) is 20.1 Å². The lowest BCUT2D eigenvalue weighted by Gasteiger charge is -2.24. The van der Waals surface area contributed by atoms with Gasteiger partial charge in [0.1, 0.15) is 0 Å². The van der Waals surface area contributed by atoms with Crippen LogP contribution in [0.4, 0.5) is 0 Å². The van der Waals surface area contributed by atoms with Crippen molar-refractivity contribution < 1.29 is 0 Å². The summed E-state index contributed by atoms with van der Waals surface area (Å²) in [5.74, 6) is 1.80. The van der Waals surface area contributed by atoms with Crippen LogP contribution in [0.2, 0.25) is 0 Å². The molecule has 1 aromatic heterocycles. The quantitative estimate of drug-likeness (QED) is 0.578. The van der Waals surface area contributed by atoms with E-state index in [-0.39, 0.29) is 0 Å². The van der Waals surface area contributed by atoms with Gasteiger partial charge in [-0.25, -0.2) is 9.98 Å². The highest BCUT2D eigenvalue weighted by molar-refractivity contribution is 7.09. The van der Waals surface area contributed by atoms with Gasteiger partial charge in [0, 0.05) is 31.6 Å². The number of guanidine groups is 1. The number of likely N-dealkylation sites (tertiary alicyclic amines) is 1. The van der Waals surface area contributed by atoms with E-state index in [0.717, 1.165) is 56.7 Å². The standard InChI is InChI=1S/C18H33N5S/c1-5-17-21-16(14-24-17)11-20-18(19-6-2)23-10-9-15(13-23)12-22(7-3)8-4/h14-15H,5-13H2,1-4H3,(H,19,20). The molecule has 5 nitrogen and oxygen atoms in total. The zero-order chi connectivity index (χ0) is 17.4. The molecule has 0 radical (unpaired) electrons. The van der Waals surface area contributed by atoms with Crippen molar-refractivity contribution in [2.24, 2.45) is 10.9 Å². The number of nitrogens with zero attached hydrogens (tertiary/aromatic N) is 4. The summed E-state index contributed by atoms with van der Waals surface area (Å²) in [6, 6.07) is 0. The molecule has 2 heterocycles. The molecule has 6 heteroatoms. The molecule has 0 aromatic carbocycles. The smallest absolute Gasteiger partial charge is 0.194 e. The number of hydrogen-bond donors (Lipinski definition) is 1. The molecule has 1 aromatic rings. The van der Waals surface area contributed by atoms with Gasteiger partial charge in [0.15, 0.2) is 5.96 Å². The second kappa shape index (κ2) is 9.99. The lowest BCUT2D eigenvalue weighted by atomic mass is 10.1.